The van der Waals surface area contributed by atoms with Gasteiger partial charge in [-0.1, -0.05) is 37.3 Å². The molecule has 3 aromatic rings. The van der Waals surface area contributed by atoms with E-state index in [1.807, 2.05) is 31.2 Å². The summed E-state index contributed by atoms with van der Waals surface area (Å²) in [6.07, 6.45) is -3.20. The topological polar surface area (TPSA) is 67.6 Å². The van der Waals surface area contributed by atoms with E-state index < -0.39 is 11.9 Å². The minimum atomic E-state index is -4.44. The van der Waals surface area contributed by atoms with Crippen molar-refractivity contribution in [2.45, 2.75) is 19.0 Å². The molecule has 0 saturated carbocycles. The number of H-pyrrole nitrogens is 1. The molecule has 24 heavy (non-hydrogen) atoms. The maximum Gasteiger partial charge on any atom is 0.433 e. The first-order valence-electron chi connectivity index (χ1n) is 7.29. The number of anilines is 1. The average Bonchev–Trinajstić information content (AvgIpc) is 3.00. The summed E-state index contributed by atoms with van der Waals surface area (Å²) in [5, 5.41) is 6.79. The van der Waals surface area contributed by atoms with Gasteiger partial charge in [0.05, 0.1) is 0 Å². The van der Waals surface area contributed by atoms with Gasteiger partial charge in [0, 0.05) is 29.4 Å². The zero-order valence-electron chi connectivity index (χ0n) is 12.8. The molecule has 3 rings (SSSR count). The van der Waals surface area contributed by atoms with Crippen molar-refractivity contribution in [3.8, 4) is 11.1 Å². The molecule has 4 nitrogen and oxygen atoms in total. The molecule has 7 heteroatoms. The summed E-state index contributed by atoms with van der Waals surface area (Å²) in [5.41, 5.74) is 8.01. The number of rotatable bonds is 3. The van der Waals surface area contributed by atoms with Crippen molar-refractivity contribution in [1.82, 2.24) is 15.2 Å². The average molecular weight is 332 g/mol. The first kappa shape index (κ1) is 16.0. The van der Waals surface area contributed by atoms with E-state index in [2.05, 4.69) is 15.2 Å². The second-order valence-corrected chi connectivity index (χ2v) is 5.53. The van der Waals surface area contributed by atoms with Gasteiger partial charge in [-0.15, -0.1) is 0 Å². The Morgan fingerprint density at radius 2 is 1.88 bits per heavy atom. The van der Waals surface area contributed by atoms with Crippen molar-refractivity contribution in [1.29, 1.82) is 0 Å². The highest BCUT2D eigenvalue weighted by molar-refractivity contribution is 5.63. The summed E-state index contributed by atoms with van der Waals surface area (Å²) in [4.78, 5) is 3.50. The predicted molar refractivity (Wildman–Crippen MR) is 85.2 cm³/mol. The van der Waals surface area contributed by atoms with E-state index in [1.165, 1.54) is 12.3 Å². The fourth-order valence-electron chi connectivity index (χ4n) is 2.47. The van der Waals surface area contributed by atoms with Gasteiger partial charge in [-0.05, 0) is 17.2 Å². The molecule has 1 atom stereocenters. The lowest BCUT2D eigenvalue weighted by Gasteiger charge is -2.12. The van der Waals surface area contributed by atoms with Crippen molar-refractivity contribution >= 4 is 5.82 Å². The van der Waals surface area contributed by atoms with Gasteiger partial charge >= 0.3 is 6.18 Å². The van der Waals surface area contributed by atoms with Crippen molar-refractivity contribution in [3.63, 3.8) is 0 Å². The van der Waals surface area contributed by atoms with Crippen molar-refractivity contribution in [2.24, 2.45) is 0 Å². The Labute approximate surface area is 136 Å². The fraction of sp³-hybridized carbons (Fsp3) is 0.176. The van der Waals surface area contributed by atoms with Crippen LogP contribution in [-0.4, -0.2) is 15.2 Å². The number of nitrogens with two attached hydrogens (primary N) is 1. The molecule has 0 spiro atoms. The Balaban J connectivity index is 1.90. The summed E-state index contributed by atoms with van der Waals surface area (Å²) in [6.45, 7) is 2.00. The molecule has 0 bridgehead atoms. The standard InChI is InChI=1S/C17H15F3N4/c1-10(14-8-16(21)24-23-14)11-3-2-4-12(7-11)13-5-6-15(22-9-13)17(18,19)20/h2-10H,1H3,(H3,21,23,24). The molecule has 0 radical (unpaired) electrons. The zero-order valence-corrected chi connectivity index (χ0v) is 12.8. The Hall–Kier alpha value is -2.83. The summed E-state index contributed by atoms with van der Waals surface area (Å²) in [5.74, 6) is 0.442. The van der Waals surface area contributed by atoms with Gasteiger partial charge in [0.1, 0.15) is 11.5 Å². The SMILES string of the molecule is CC(c1cccc(-c2ccc(C(F)(F)F)nc2)c1)c1cc(N)n[nH]1. The van der Waals surface area contributed by atoms with Crippen molar-refractivity contribution in [3.05, 3.63) is 65.6 Å². The van der Waals surface area contributed by atoms with Crippen LogP contribution in [0.1, 0.15) is 29.8 Å². The quantitative estimate of drug-likeness (QED) is 0.754. The maximum absolute atomic E-state index is 12.6. The first-order chi connectivity index (χ1) is 11.3. The number of pyridine rings is 1. The van der Waals surface area contributed by atoms with E-state index in [0.717, 1.165) is 22.9 Å². The third-order valence-electron chi connectivity index (χ3n) is 3.86. The Morgan fingerprint density at radius 3 is 2.46 bits per heavy atom. The van der Waals surface area contributed by atoms with Gasteiger partial charge in [-0.25, -0.2) is 0 Å². The van der Waals surface area contributed by atoms with E-state index in [-0.39, 0.29) is 5.92 Å². The number of aromatic nitrogens is 3. The molecule has 1 aromatic carbocycles. The van der Waals surface area contributed by atoms with Crippen LogP contribution in [0.4, 0.5) is 19.0 Å². The second-order valence-electron chi connectivity index (χ2n) is 5.53. The van der Waals surface area contributed by atoms with E-state index >= 15 is 0 Å². The molecule has 1 unspecified atom stereocenters. The Kier molecular flexibility index (Phi) is 4.01. The summed E-state index contributed by atoms with van der Waals surface area (Å²) in [6, 6.07) is 11.7. The lowest BCUT2D eigenvalue weighted by atomic mass is 9.94. The molecule has 0 aliphatic rings. The molecule has 0 aliphatic carbocycles. The normalized spacial score (nSPS) is 13.0. The van der Waals surface area contributed by atoms with Gasteiger partial charge in [0.25, 0.3) is 0 Å². The molecule has 2 aromatic heterocycles. The third kappa shape index (κ3) is 3.24. The lowest BCUT2D eigenvalue weighted by molar-refractivity contribution is -0.141. The Bertz CT molecular complexity index is 838. The van der Waals surface area contributed by atoms with Gasteiger partial charge < -0.3 is 5.73 Å². The number of benzene rings is 1. The molecule has 0 fully saturated rings. The number of nitrogens with one attached hydrogen (secondary N) is 1. The zero-order chi connectivity index (χ0) is 17.3. The van der Waals surface area contributed by atoms with E-state index in [9.17, 15) is 13.2 Å². The van der Waals surface area contributed by atoms with Gasteiger partial charge in [0.2, 0.25) is 0 Å². The van der Waals surface area contributed by atoms with Crippen LogP contribution in [0.3, 0.4) is 0 Å². The summed E-state index contributed by atoms with van der Waals surface area (Å²) in [7, 11) is 0. The predicted octanol–water partition coefficient (Wildman–Crippen LogP) is 4.22. The van der Waals surface area contributed by atoms with E-state index in [0.29, 0.717) is 11.4 Å². The minimum absolute atomic E-state index is 0.0251. The highest BCUT2D eigenvalue weighted by Gasteiger charge is 2.32. The van der Waals surface area contributed by atoms with E-state index in [4.69, 9.17) is 5.73 Å². The Morgan fingerprint density at radius 1 is 1.08 bits per heavy atom. The van der Waals surface area contributed by atoms with Crippen LogP contribution >= 0.6 is 0 Å². The number of aromatic amines is 1. The molecule has 0 aliphatic heterocycles. The van der Waals surface area contributed by atoms with Crippen LogP contribution in [0, 0.1) is 0 Å². The molecular weight excluding hydrogens is 317 g/mol. The number of nitrogen functional groups attached to an aromatic ring is 1. The third-order valence-corrected chi connectivity index (χ3v) is 3.86. The summed E-state index contributed by atoms with van der Waals surface area (Å²) < 4.78 is 37.8. The number of halogens is 3. The van der Waals surface area contributed by atoms with Crippen LogP contribution < -0.4 is 5.73 Å². The molecular formula is C17H15F3N4. The number of hydrogen-bond acceptors (Lipinski definition) is 3. The smallest absolute Gasteiger partial charge is 0.382 e. The van der Waals surface area contributed by atoms with Gasteiger partial charge in [-0.2, -0.15) is 18.3 Å². The summed E-state index contributed by atoms with van der Waals surface area (Å²) >= 11 is 0. The molecule has 0 saturated heterocycles. The monoisotopic (exact) mass is 332 g/mol. The van der Waals surface area contributed by atoms with Gasteiger partial charge in [-0.3, -0.25) is 10.1 Å². The van der Waals surface area contributed by atoms with Crippen LogP contribution in [0.15, 0.2) is 48.7 Å². The number of nitrogens with zero attached hydrogens (tertiary/aromatic N) is 2. The molecule has 3 N–H and O–H groups in total. The highest BCUT2D eigenvalue weighted by atomic mass is 19.4. The maximum atomic E-state index is 12.6. The first-order valence-corrected chi connectivity index (χ1v) is 7.29. The van der Waals surface area contributed by atoms with E-state index in [1.54, 1.807) is 6.07 Å². The minimum Gasteiger partial charge on any atom is -0.382 e. The largest absolute Gasteiger partial charge is 0.433 e. The van der Waals surface area contributed by atoms with Crippen LogP contribution in [0.2, 0.25) is 0 Å². The fourth-order valence-corrected chi connectivity index (χ4v) is 2.47. The lowest BCUT2D eigenvalue weighted by Crippen LogP contribution is -2.07. The second kappa shape index (κ2) is 5.99. The van der Waals surface area contributed by atoms with Crippen LogP contribution in [-0.2, 0) is 6.18 Å². The van der Waals surface area contributed by atoms with Crippen LogP contribution in [0.25, 0.3) is 11.1 Å². The highest BCUT2D eigenvalue weighted by Crippen LogP contribution is 2.30. The van der Waals surface area contributed by atoms with Crippen LogP contribution in [0.5, 0.6) is 0 Å². The molecule has 124 valence electrons. The van der Waals surface area contributed by atoms with Crippen molar-refractivity contribution < 1.29 is 13.2 Å². The number of hydrogen-bond donors (Lipinski definition) is 2. The number of alkyl halides is 3. The van der Waals surface area contributed by atoms with Crippen molar-refractivity contribution in [2.75, 3.05) is 5.73 Å². The van der Waals surface area contributed by atoms with Gasteiger partial charge in [0.15, 0.2) is 0 Å². The molecule has 0 amide bonds. The molecule has 2 heterocycles.